The first-order valence-corrected chi connectivity index (χ1v) is 9.94. The molecule has 7 nitrogen and oxygen atoms in total. The normalized spacial score (nSPS) is 28.4. The Morgan fingerprint density at radius 3 is 2.36 bits per heavy atom. The van der Waals surface area contributed by atoms with E-state index < -0.39 is 0 Å². The first kappa shape index (κ1) is 19.1. The molecule has 4 atom stereocenters. The zero-order chi connectivity index (χ0) is 20.1. The van der Waals surface area contributed by atoms with Crippen molar-refractivity contribution in [2.24, 2.45) is 23.7 Å². The van der Waals surface area contributed by atoms with Crippen LogP contribution in [0.4, 0.5) is 5.82 Å². The summed E-state index contributed by atoms with van der Waals surface area (Å²) < 4.78 is 5.21. The Hall–Kier alpha value is -2.28. The molecular formula is C21H28N4O3. The largest absolute Gasteiger partial charge is 0.378 e. The molecule has 2 heterocycles. The van der Waals surface area contributed by atoms with E-state index in [1.54, 1.807) is 7.11 Å². The van der Waals surface area contributed by atoms with Crippen LogP contribution in [0.1, 0.15) is 38.7 Å². The Kier molecular flexibility index (Phi) is 4.73. The number of hydrogen-bond donors (Lipinski definition) is 1. The molecule has 0 spiro atoms. The van der Waals surface area contributed by atoms with Gasteiger partial charge >= 0.3 is 0 Å². The first-order valence-electron chi connectivity index (χ1n) is 9.94. The predicted octanol–water partition coefficient (Wildman–Crippen LogP) is 2.14. The molecule has 2 amide bonds. The fraction of sp³-hybridized carbons (Fsp3) is 0.619. The molecule has 2 bridgehead atoms. The third-order valence-electron chi connectivity index (χ3n) is 5.95. The number of fused-ring (bicyclic) bond motifs is 5. The molecule has 28 heavy (non-hydrogen) atoms. The van der Waals surface area contributed by atoms with Crippen LogP contribution in [0.3, 0.4) is 0 Å². The summed E-state index contributed by atoms with van der Waals surface area (Å²) in [5, 5.41) is 3.26. The second kappa shape index (κ2) is 6.95. The zero-order valence-corrected chi connectivity index (χ0v) is 16.9. The monoisotopic (exact) mass is 384 g/mol. The summed E-state index contributed by atoms with van der Waals surface area (Å²) in [6.45, 7) is 7.41. The number of ether oxygens (including phenoxy) is 1. The minimum Gasteiger partial charge on any atom is -0.378 e. The van der Waals surface area contributed by atoms with E-state index in [1.807, 2.05) is 6.07 Å². The SMILES string of the molecule is COCc1cc(NCCN2C(=O)C3C4C=CC(C4)C3C2=O)nc(C(C)(C)C)n1. The third kappa shape index (κ3) is 3.21. The summed E-state index contributed by atoms with van der Waals surface area (Å²) in [5.41, 5.74) is 0.612. The smallest absolute Gasteiger partial charge is 0.233 e. The van der Waals surface area contributed by atoms with E-state index >= 15 is 0 Å². The minimum atomic E-state index is -0.190. The Balaban J connectivity index is 1.42. The molecule has 1 saturated carbocycles. The van der Waals surface area contributed by atoms with Crippen molar-refractivity contribution in [3.05, 3.63) is 29.7 Å². The average Bonchev–Trinajstić information content (AvgIpc) is 3.30. The number of amides is 2. The summed E-state index contributed by atoms with van der Waals surface area (Å²) in [5.74, 6) is 1.63. The van der Waals surface area contributed by atoms with E-state index in [2.05, 4.69) is 48.2 Å². The number of carbonyl (C=O) groups is 2. The van der Waals surface area contributed by atoms with Gasteiger partial charge in [-0.3, -0.25) is 14.5 Å². The maximum atomic E-state index is 12.8. The molecule has 2 aliphatic carbocycles. The van der Waals surface area contributed by atoms with Crippen LogP contribution < -0.4 is 5.32 Å². The number of allylic oxidation sites excluding steroid dienone is 2. The summed E-state index contributed by atoms with van der Waals surface area (Å²) >= 11 is 0. The number of methoxy groups -OCH3 is 1. The van der Waals surface area contributed by atoms with Gasteiger partial charge in [-0.15, -0.1) is 0 Å². The second-order valence-corrected chi connectivity index (χ2v) is 9.01. The Labute approximate surface area is 165 Å². The van der Waals surface area contributed by atoms with Crippen LogP contribution in [0, 0.1) is 23.7 Å². The first-order chi connectivity index (χ1) is 13.3. The lowest BCUT2D eigenvalue weighted by atomic mass is 9.85. The highest BCUT2D eigenvalue weighted by Crippen LogP contribution is 2.52. The van der Waals surface area contributed by atoms with Crippen molar-refractivity contribution >= 4 is 17.6 Å². The van der Waals surface area contributed by atoms with Gasteiger partial charge in [0.2, 0.25) is 11.8 Å². The molecular weight excluding hydrogens is 356 g/mol. The molecule has 1 aliphatic heterocycles. The van der Waals surface area contributed by atoms with E-state index in [4.69, 9.17) is 4.74 Å². The number of rotatable bonds is 6. The molecule has 0 radical (unpaired) electrons. The number of likely N-dealkylation sites (tertiary alicyclic amines) is 1. The maximum Gasteiger partial charge on any atom is 0.233 e. The van der Waals surface area contributed by atoms with Gasteiger partial charge < -0.3 is 10.1 Å². The second-order valence-electron chi connectivity index (χ2n) is 9.01. The van der Waals surface area contributed by atoms with Crippen molar-refractivity contribution in [2.75, 3.05) is 25.5 Å². The van der Waals surface area contributed by atoms with Crippen LogP contribution in [0.2, 0.25) is 0 Å². The number of hydrogen-bond acceptors (Lipinski definition) is 6. The molecule has 7 heteroatoms. The van der Waals surface area contributed by atoms with Gasteiger partial charge in [-0.1, -0.05) is 32.9 Å². The summed E-state index contributed by atoms with van der Waals surface area (Å²) in [6, 6.07) is 1.85. The molecule has 4 unspecified atom stereocenters. The van der Waals surface area contributed by atoms with Crippen molar-refractivity contribution in [1.82, 2.24) is 14.9 Å². The van der Waals surface area contributed by atoms with Crippen LogP contribution >= 0.6 is 0 Å². The lowest BCUT2D eigenvalue weighted by Crippen LogP contribution is -2.36. The number of anilines is 1. The van der Waals surface area contributed by atoms with Gasteiger partial charge in [-0.2, -0.15) is 0 Å². The van der Waals surface area contributed by atoms with Crippen LogP contribution in [0.5, 0.6) is 0 Å². The Morgan fingerprint density at radius 1 is 1.14 bits per heavy atom. The maximum absolute atomic E-state index is 12.8. The van der Waals surface area contributed by atoms with Crippen molar-refractivity contribution in [3.63, 3.8) is 0 Å². The standard InChI is InChI=1S/C21H28N4O3/c1-21(2,3)20-23-14(11-28-4)10-15(24-20)22-7-8-25-18(26)16-12-5-6-13(9-12)17(16)19(25)27/h5-6,10,12-13,16-17H,7-9,11H2,1-4H3,(H,22,23,24). The highest BCUT2D eigenvalue weighted by atomic mass is 16.5. The van der Waals surface area contributed by atoms with Gasteiger partial charge in [0.1, 0.15) is 11.6 Å². The summed E-state index contributed by atoms with van der Waals surface area (Å²) in [6.07, 6.45) is 5.19. The Morgan fingerprint density at radius 2 is 1.79 bits per heavy atom. The van der Waals surface area contributed by atoms with Gasteiger partial charge in [0.25, 0.3) is 0 Å². The molecule has 3 aliphatic rings. The number of carbonyl (C=O) groups excluding carboxylic acids is 2. The van der Waals surface area contributed by atoms with Gasteiger partial charge in [0.05, 0.1) is 24.1 Å². The molecule has 0 aromatic carbocycles. The fourth-order valence-corrected chi connectivity index (χ4v) is 4.63. The van der Waals surface area contributed by atoms with Crippen molar-refractivity contribution < 1.29 is 14.3 Å². The van der Waals surface area contributed by atoms with Crippen molar-refractivity contribution in [1.29, 1.82) is 0 Å². The van der Waals surface area contributed by atoms with Gasteiger partial charge in [-0.25, -0.2) is 9.97 Å². The van der Waals surface area contributed by atoms with Gasteiger partial charge in [-0.05, 0) is 18.3 Å². The number of nitrogens with zero attached hydrogens (tertiary/aromatic N) is 3. The molecule has 1 aromatic rings. The van der Waals surface area contributed by atoms with Crippen LogP contribution in [-0.2, 0) is 26.3 Å². The lowest BCUT2D eigenvalue weighted by Gasteiger charge is -2.20. The van der Waals surface area contributed by atoms with Crippen LogP contribution in [0.25, 0.3) is 0 Å². The zero-order valence-electron chi connectivity index (χ0n) is 16.9. The van der Waals surface area contributed by atoms with Crippen LogP contribution in [0.15, 0.2) is 18.2 Å². The molecule has 150 valence electrons. The van der Waals surface area contributed by atoms with E-state index in [9.17, 15) is 9.59 Å². The predicted molar refractivity (Wildman–Crippen MR) is 104 cm³/mol. The highest BCUT2D eigenvalue weighted by Gasteiger charge is 2.58. The fourth-order valence-electron chi connectivity index (χ4n) is 4.63. The number of aromatic nitrogens is 2. The van der Waals surface area contributed by atoms with E-state index in [0.717, 1.165) is 17.9 Å². The van der Waals surface area contributed by atoms with Gasteiger partial charge in [0.15, 0.2) is 0 Å². The van der Waals surface area contributed by atoms with Crippen molar-refractivity contribution in [3.8, 4) is 0 Å². The number of imide groups is 1. The number of nitrogens with one attached hydrogen (secondary N) is 1. The van der Waals surface area contributed by atoms with Gasteiger partial charge in [0, 0.05) is 31.7 Å². The van der Waals surface area contributed by atoms with Crippen LogP contribution in [-0.4, -0.2) is 46.9 Å². The minimum absolute atomic E-state index is 0.00760. The molecule has 4 rings (SSSR count). The summed E-state index contributed by atoms with van der Waals surface area (Å²) in [7, 11) is 1.63. The lowest BCUT2D eigenvalue weighted by molar-refractivity contribution is -0.140. The molecule has 1 saturated heterocycles. The quantitative estimate of drug-likeness (QED) is 0.598. The van der Waals surface area contributed by atoms with E-state index in [0.29, 0.717) is 25.5 Å². The highest BCUT2D eigenvalue weighted by molar-refractivity contribution is 6.06. The Bertz CT molecular complexity index is 799. The summed E-state index contributed by atoms with van der Waals surface area (Å²) in [4.78, 5) is 36.1. The van der Waals surface area contributed by atoms with E-state index in [1.165, 1.54) is 4.90 Å². The topological polar surface area (TPSA) is 84.4 Å². The average molecular weight is 384 g/mol. The molecule has 1 N–H and O–H groups in total. The third-order valence-corrected chi connectivity index (χ3v) is 5.95. The van der Waals surface area contributed by atoms with E-state index in [-0.39, 0.29) is 40.9 Å². The van der Waals surface area contributed by atoms with Crippen molar-refractivity contribution in [2.45, 2.75) is 39.2 Å². The molecule has 1 aromatic heterocycles. The molecule has 2 fully saturated rings.